The van der Waals surface area contributed by atoms with E-state index in [2.05, 4.69) is 30.7 Å². The number of aromatic hydroxyl groups is 2. The summed E-state index contributed by atoms with van der Waals surface area (Å²) in [6.45, 7) is 0. The number of azo groups is 3. The largest absolute Gasteiger partial charge is 0.506 e. The number of nitrogens with zero attached hydrogens (tertiary/aromatic N) is 6. The van der Waals surface area contributed by atoms with Crippen molar-refractivity contribution in [2.75, 3.05) is 0 Å². The molecule has 0 radical (unpaired) electrons. The van der Waals surface area contributed by atoms with Crippen LogP contribution in [0.25, 0.3) is 21.5 Å². The molecule has 0 saturated carbocycles. The van der Waals surface area contributed by atoms with E-state index in [1.165, 1.54) is 0 Å². The number of phenols is 2. The molecule has 2 N–H and O–H groups in total. The molecular formula is C32H22N6O2. The second kappa shape index (κ2) is 10.9. The molecule has 0 amide bonds. The Hall–Kier alpha value is -5.76. The van der Waals surface area contributed by atoms with Crippen molar-refractivity contribution in [3.63, 3.8) is 0 Å². The molecule has 40 heavy (non-hydrogen) atoms. The van der Waals surface area contributed by atoms with Crippen LogP contribution in [0.4, 0.5) is 34.1 Å². The van der Waals surface area contributed by atoms with Crippen molar-refractivity contribution < 1.29 is 10.2 Å². The number of benzene rings is 6. The van der Waals surface area contributed by atoms with Gasteiger partial charge in [-0.1, -0.05) is 60.7 Å². The van der Waals surface area contributed by atoms with E-state index in [9.17, 15) is 10.2 Å². The molecule has 192 valence electrons. The quantitative estimate of drug-likeness (QED) is 0.212. The van der Waals surface area contributed by atoms with E-state index >= 15 is 0 Å². The van der Waals surface area contributed by atoms with Crippen molar-refractivity contribution in [2.24, 2.45) is 30.7 Å². The van der Waals surface area contributed by atoms with Crippen LogP contribution < -0.4 is 0 Å². The Bertz CT molecular complexity index is 1770. The third-order valence-corrected chi connectivity index (χ3v) is 6.27. The summed E-state index contributed by atoms with van der Waals surface area (Å²) in [5.74, 6) is 0.152. The highest BCUT2D eigenvalue weighted by atomic mass is 16.3. The van der Waals surface area contributed by atoms with Crippen molar-refractivity contribution in [3.8, 4) is 11.5 Å². The van der Waals surface area contributed by atoms with Crippen molar-refractivity contribution in [2.45, 2.75) is 0 Å². The molecule has 0 saturated heterocycles. The fraction of sp³-hybridized carbons (Fsp3) is 0. The molecule has 8 heteroatoms. The molecule has 0 aromatic heterocycles. The molecule has 0 spiro atoms. The van der Waals surface area contributed by atoms with Crippen LogP contribution in [0.3, 0.4) is 0 Å². The topological polar surface area (TPSA) is 115 Å². The SMILES string of the molecule is Oc1ccc2ccccc2c1N=Nc1ccc(/N=N/c2ccc(N=Nc3c(O)ccc4ccccc34)cc2)cc1. The molecule has 6 aromatic rings. The number of fused-ring (bicyclic) bond motifs is 2. The summed E-state index contributed by atoms with van der Waals surface area (Å²) in [4.78, 5) is 0. The Balaban J connectivity index is 1.13. The minimum absolute atomic E-state index is 0.0760. The molecule has 0 aliphatic rings. The first kappa shape index (κ1) is 24.6. The molecule has 0 aliphatic heterocycles. The van der Waals surface area contributed by atoms with Crippen LogP contribution in [0.1, 0.15) is 0 Å². The van der Waals surface area contributed by atoms with Crippen molar-refractivity contribution in [1.29, 1.82) is 0 Å². The molecule has 0 aliphatic carbocycles. The van der Waals surface area contributed by atoms with Crippen molar-refractivity contribution in [3.05, 3.63) is 121 Å². The average Bonchev–Trinajstić information content (AvgIpc) is 3.00. The highest BCUT2D eigenvalue weighted by Crippen LogP contribution is 2.37. The zero-order valence-corrected chi connectivity index (χ0v) is 21.1. The lowest BCUT2D eigenvalue weighted by Crippen LogP contribution is -1.74. The maximum atomic E-state index is 10.3. The minimum atomic E-state index is 0.0760. The first-order valence-corrected chi connectivity index (χ1v) is 12.5. The first-order chi connectivity index (χ1) is 19.6. The van der Waals surface area contributed by atoms with E-state index < -0.39 is 0 Å². The van der Waals surface area contributed by atoms with Crippen LogP contribution >= 0.6 is 0 Å². The molecule has 0 bridgehead atoms. The minimum Gasteiger partial charge on any atom is -0.506 e. The van der Waals surface area contributed by atoms with Gasteiger partial charge in [0.05, 0.1) is 22.7 Å². The van der Waals surface area contributed by atoms with Gasteiger partial charge < -0.3 is 10.2 Å². The van der Waals surface area contributed by atoms with Crippen LogP contribution in [0, 0.1) is 0 Å². The Labute approximate surface area is 229 Å². The van der Waals surface area contributed by atoms with E-state index in [1.54, 1.807) is 60.7 Å². The summed E-state index contributed by atoms with van der Waals surface area (Å²) in [6, 6.07) is 36.6. The van der Waals surface area contributed by atoms with Gasteiger partial charge in [-0.25, -0.2) is 0 Å². The summed E-state index contributed by atoms with van der Waals surface area (Å²) in [7, 11) is 0. The number of phenolic OH excluding ortho intramolecular Hbond substituents is 2. The molecule has 0 heterocycles. The Morgan fingerprint density at radius 3 is 1.02 bits per heavy atom. The molecule has 6 rings (SSSR count). The zero-order valence-electron chi connectivity index (χ0n) is 21.1. The highest BCUT2D eigenvalue weighted by Gasteiger charge is 2.07. The Morgan fingerprint density at radius 1 is 0.325 bits per heavy atom. The maximum Gasteiger partial charge on any atom is 0.143 e. The molecular weight excluding hydrogens is 500 g/mol. The van der Waals surface area contributed by atoms with Crippen molar-refractivity contribution >= 4 is 55.7 Å². The Morgan fingerprint density at radius 2 is 0.650 bits per heavy atom. The van der Waals surface area contributed by atoms with Crippen LogP contribution in [0.5, 0.6) is 11.5 Å². The van der Waals surface area contributed by atoms with Gasteiger partial charge in [0, 0.05) is 10.8 Å². The van der Waals surface area contributed by atoms with Gasteiger partial charge in [-0.05, 0) is 71.4 Å². The van der Waals surface area contributed by atoms with Crippen LogP contribution in [-0.4, -0.2) is 10.2 Å². The van der Waals surface area contributed by atoms with Gasteiger partial charge in [0.1, 0.15) is 22.9 Å². The zero-order chi connectivity index (χ0) is 27.3. The normalized spacial score (nSPS) is 11.9. The van der Waals surface area contributed by atoms with Gasteiger partial charge in [0.2, 0.25) is 0 Å². The average molecular weight is 523 g/mol. The van der Waals surface area contributed by atoms with Crippen LogP contribution in [-0.2, 0) is 0 Å². The summed E-state index contributed by atoms with van der Waals surface area (Å²) in [5.41, 5.74) is 3.42. The molecule has 0 atom stereocenters. The van der Waals surface area contributed by atoms with E-state index in [4.69, 9.17) is 0 Å². The van der Waals surface area contributed by atoms with Gasteiger partial charge in [-0.15, -0.1) is 10.2 Å². The van der Waals surface area contributed by atoms with Gasteiger partial charge in [0.25, 0.3) is 0 Å². The maximum absolute atomic E-state index is 10.3. The van der Waals surface area contributed by atoms with E-state index in [0.717, 1.165) is 21.5 Å². The monoisotopic (exact) mass is 522 g/mol. The molecule has 0 fully saturated rings. The van der Waals surface area contributed by atoms with Gasteiger partial charge in [0.15, 0.2) is 0 Å². The van der Waals surface area contributed by atoms with E-state index in [0.29, 0.717) is 34.1 Å². The standard InChI is InChI=1S/C32H22N6O2/c39-29-19-9-21-5-1-3-7-27(21)31(29)37-35-25-15-11-23(12-16-25)33-34-24-13-17-26(18-14-24)36-38-32-28-8-4-2-6-22(28)10-20-30(32)40/h1-20,39-40H/b34-33+,37-35?,38-36?. The third-order valence-electron chi connectivity index (χ3n) is 6.27. The summed E-state index contributed by atoms with van der Waals surface area (Å²) in [6.07, 6.45) is 0. The lowest BCUT2D eigenvalue weighted by molar-refractivity contribution is 0.476. The smallest absolute Gasteiger partial charge is 0.143 e. The van der Waals surface area contributed by atoms with Gasteiger partial charge >= 0.3 is 0 Å². The first-order valence-electron chi connectivity index (χ1n) is 12.5. The van der Waals surface area contributed by atoms with Crippen LogP contribution in [0.15, 0.2) is 152 Å². The summed E-state index contributed by atoms with van der Waals surface area (Å²) >= 11 is 0. The molecule has 8 nitrogen and oxygen atoms in total. The number of rotatable bonds is 6. The van der Waals surface area contributed by atoms with Crippen LogP contribution in [0.2, 0.25) is 0 Å². The third kappa shape index (κ3) is 5.27. The van der Waals surface area contributed by atoms with E-state index in [1.807, 2.05) is 60.7 Å². The highest BCUT2D eigenvalue weighted by molar-refractivity contribution is 5.96. The predicted molar refractivity (Wildman–Crippen MR) is 157 cm³/mol. The summed E-state index contributed by atoms with van der Waals surface area (Å²) in [5, 5.41) is 49.8. The summed E-state index contributed by atoms with van der Waals surface area (Å²) < 4.78 is 0. The van der Waals surface area contributed by atoms with Gasteiger partial charge in [-0.3, -0.25) is 0 Å². The van der Waals surface area contributed by atoms with Crippen molar-refractivity contribution in [1.82, 2.24) is 0 Å². The van der Waals surface area contributed by atoms with Gasteiger partial charge in [-0.2, -0.15) is 20.5 Å². The Kier molecular flexibility index (Phi) is 6.71. The lowest BCUT2D eigenvalue weighted by atomic mass is 10.1. The fourth-order valence-corrected chi connectivity index (χ4v) is 4.20. The number of hydrogen-bond acceptors (Lipinski definition) is 8. The molecule has 0 unspecified atom stereocenters. The second-order valence-electron chi connectivity index (χ2n) is 8.94. The molecule has 6 aromatic carbocycles. The lowest BCUT2D eigenvalue weighted by Gasteiger charge is -2.03. The fourth-order valence-electron chi connectivity index (χ4n) is 4.20. The van der Waals surface area contributed by atoms with E-state index in [-0.39, 0.29) is 11.5 Å². The number of hydrogen-bond donors (Lipinski definition) is 2. The second-order valence-corrected chi connectivity index (χ2v) is 8.94. The predicted octanol–water partition coefficient (Wildman–Crippen LogP) is 10.7.